The van der Waals surface area contributed by atoms with E-state index in [1.165, 1.54) is 23.5 Å². The molecule has 1 aromatic carbocycles. The molecule has 0 bridgehead atoms. The van der Waals surface area contributed by atoms with Crippen molar-refractivity contribution in [2.45, 2.75) is 38.0 Å². The summed E-state index contributed by atoms with van der Waals surface area (Å²) in [6.07, 6.45) is -1.25. The number of alkyl halides is 3. The summed E-state index contributed by atoms with van der Waals surface area (Å²) in [5, 5.41) is 5.34. The fourth-order valence-corrected chi connectivity index (χ4v) is 3.87. The minimum Gasteiger partial charge on any atom is -0.348 e. The van der Waals surface area contributed by atoms with Gasteiger partial charge in [0, 0.05) is 18.1 Å². The van der Waals surface area contributed by atoms with E-state index in [0.717, 1.165) is 24.2 Å². The van der Waals surface area contributed by atoms with Crippen molar-refractivity contribution in [2.24, 2.45) is 0 Å². The van der Waals surface area contributed by atoms with E-state index in [4.69, 9.17) is 0 Å². The average Bonchev–Trinajstić information content (AvgIpc) is 3.24. The van der Waals surface area contributed by atoms with Crippen LogP contribution in [0.4, 0.5) is 18.3 Å². The Hall–Kier alpha value is -2.09. The van der Waals surface area contributed by atoms with Crippen LogP contribution >= 0.6 is 11.3 Å². The molecule has 1 fully saturated rings. The van der Waals surface area contributed by atoms with Gasteiger partial charge < -0.3 is 10.2 Å². The molecule has 1 amide bonds. The number of thiazole rings is 1. The molecule has 1 saturated heterocycles. The molecule has 0 unspecified atom stereocenters. The second-order valence-corrected chi connectivity index (χ2v) is 6.85. The summed E-state index contributed by atoms with van der Waals surface area (Å²) >= 11 is 1.45. The summed E-state index contributed by atoms with van der Waals surface area (Å²) in [6.45, 7) is 2.30. The van der Waals surface area contributed by atoms with Gasteiger partial charge in [-0.15, -0.1) is 11.3 Å². The van der Waals surface area contributed by atoms with Gasteiger partial charge in [-0.25, -0.2) is 4.98 Å². The molecule has 1 aliphatic rings. The van der Waals surface area contributed by atoms with E-state index >= 15 is 0 Å². The fraction of sp³-hybridized carbons (Fsp3) is 0.412. The molecule has 1 aromatic heterocycles. The molecular formula is C17H18F3N3OS. The highest BCUT2D eigenvalue weighted by molar-refractivity contribution is 7.13. The minimum absolute atomic E-state index is 0.0714. The summed E-state index contributed by atoms with van der Waals surface area (Å²) < 4.78 is 39.5. The second kappa shape index (κ2) is 7.03. The normalized spacial score (nSPS) is 19.0. The van der Waals surface area contributed by atoms with E-state index < -0.39 is 23.8 Å². The molecule has 8 heteroatoms. The number of nitrogens with one attached hydrogen (secondary N) is 1. The van der Waals surface area contributed by atoms with Gasteiger partial charge in [0.2, 0.25) is 5.91 Å². The summed E-state index contributed by atoms with van der Waals surface area (Å²) in [5.74, 6) is -0.267. The molecule has 0 aliphatic carbocycles. The molecule has 1 aliphatic heterocycles. The zero-order valence-corrected chi connectivity index (χ0v) is 14.4. The lowest BCUT2D eigenvalue weighted by Crippen LogP contribution is -2.44. The number of amides is 1. The van der Waals surface area contributed by atoms with E-state index in [1.54, 1.807) is 19.2 Å². The smallest absolute Gasteiger partial charge is 0.348 e. The predicted molar refractivity (Wildman–Crippen MR) is 90.5 cm³/mol. The van der Waals surface area contributed by atoms with Crippen LogP contribution in [0.15, 0.2) is 35.8 Å². The van der Waals surface area contributed by atoms with Crippen molar-refractivity contribution in [2.75, 3.05) is 11.4 Å². The number of hydrogen-bond acceptors (Lipinski definition) is 4. The molecule has 0 saturated carbocycles. The molecule has 4 nitrogen and oxygen atoms in total. The van der Waals surface area contributed by atoms with Crippen LogP contribution in [0, 0.1) is 0 Å². The maximum Gasteiger partial charge on any atom is 0.416 e. The van der Waals surface area contributed by atoms with Crippen LogP contribution in [0.5, 0.6) is 0 Å². The Morgan fingerprint density at radius 2 is 2.16 bits per heavy atom. The zero-order valence-electron chi connectivity index (χ0n) is 13.6. The first-order valence-corrected chi connectivity index (χ1v) is 8.88. The second-order valence-electron chi connectivity index (χ2n) is 5.98. The average molecular weight is 369 g/mol. The largest absolute Gasteiger partial charge is 0.416 e. The fourth-order valence-electron chi connectivity index (χ4n) is 3.15. The van der Waals surface area contributed by atoms with Gasteiger partial charge in [0.1, 0.15) is 6.04 Å². The molecule has 2 aromatic rings. The number of anilines is 1. The van der Waals surface area contributed by atoms with E-state index in [2.05, 4.69) is 10.3 Å². The summed E-state index contributed by atoms with van der Waals surface area (Å²) in [6, 6.07) is 4.21. The summed E-state index contributed by atoms with van der Waals surface area (Å²) in [5.41, 5.74) is -0.645. The number of halogens is 3. The van der Waals surface area contributed by atoms with Crippen molar-refractivity contribution in [3.8, 4) is 0 Å². The number of carbonyl (C=O) groups excluding carboxylic acids is 1. The van der Waals surface area contributed by atoms with Crippen LogP contribution in [-0.4, -0.2) is 23.5 Å². The lowest BCUT2D eigenvalue weighted by molar-refractivity contribution is -0.138. The maximum absolute atomic E-state index is 13.2. The highest BCUT2D eigenvalue weighted by atomic mass is 32.1. The summed E-state index contributed by atoms with van der Waals surface area (Å²) in [7, 11) is 0. The molecular weight excluding hydrogens is 351 g/mol. The van der Waals surface area contributed by atoms with Crippen LogP contribution in [0.25, 0.3) is 0 Å². The third kappa shape index (κ3) is 3.78. The van der Waals surface area contributed by atoms with E-state index in [0.29, 0.717) is 6.42 Å². The van der Waals surface area contributed by atoms with Crippen LogP contribution in [0.1, 0.15) is 36.9 Å². The standard InChI is InChI=1S/C17H18F3N3OS/c1-11(12-5-2-3-6-13(12)17(18,19)20)22-15(24)14-7-4-9-23(14)16-21-8-10-25-16/h2-3,5-6,8,10-11,14H,4,7,9H2,1H3,(H,22,24)/t11-,14+/m0/s1. The SMILES string of the molecule is C[C@H](NC(=O)[C@H]1CCCN1c1nccs1)c1ccccc1C(F)(F)F. The Bertz CT molecular complexity index is 733. The molecule has 1 N–H and O–H groups in total. The Labute approximate surface area is 147 Å². The Morgan fingerprint density at radius 1 is 1.40 bits per heavy atom. The number of hydrogen-bond donors (Lipinski definition) is 1. The molecule has 0 spiro atoms. The Morgan fingerprint density at radius 3 is 2.84 bits per heavy atom. The molecule has 134 valence electrons. The molecule has 3 rings (SSSR count). The molecule has 25 heavy (non-hydrogen) atoms. The third-order valence-corrected chi connectivity index (χ3v) is 5.12. The predicted octanol–water partition coefficient (Wildman–Crippen LogP) is 4.01. The van der Waals surface area contributed by atoms with Crippen LogP contribution in [-0.2, 0) is 11.0 Å². The monoisotopic (exact) mass is 369 g/mol. The topological polar surface area (TPSA) is 45.2 Å². The first kappa shape index (κ1) is 17.7. The quantitative estimate of drug-likeness (QED) is 0.886. The number of nitrogens with zero attached hydrogens (tertiary/aromatic N) is 2. The first-order chi connectivity index (χ1) is 11.9. The van der Waals surface area contributed by atoms with Crippen molar-refractivity contribution in [3.63, 3.8) is 0 Å². The van der Waals surface area contributed by atoms with Gasteiger partial charge in [0.15, 0.2) is 5.13 Å². The van der Waals surface area contributed by atoms with Gasteiger partial charge in [-0.2, -0.15) is 13.2 Å². The molecule has 2 heterocycles. The zero-order chi connectivity index (χ0) is 18.0. The van der Waals surface area contributed by atoms with Gasteiger partial charge >= 0.3 is 6.18 Å². The number of benzene rings is 1. The summed E-state index contributed by atoms with van der Waals surface area (Å²) in [4.78, 5) is 18.8. The first-order valence-electron chi connectivity index (χ1n) is 8.00. The highest BCUT2D eigenvalue weighted by Crippen LogP contribution is 2.34. The highest BCUT2D eigenvalue weighted by Gasteiger charge is 2.36. The van der Waals surface area contributed by atoms with Crippen molar-refractivity contribution in [1.82, 2.24) is 10.3 Å². The number of aromatic nitrogens is 1. The van der Waals surface area contributed by atoms with E-state index in [-0.39, 0.29) is 11.5 Å². The van der Waals surface area contributed by atoms with Crippen LogP contribution in [0.3, 0.4) is 0 Å². The molecule has 0 radical (unpaired) electrons. The lowest BCUT2D eigenvalue weighted by Gasteiger charge is -2.26. The Balaban J connectivity index is 1.75. The van der Waals surface area contributed by atoms with Crippen LogP contribution < -0.4 is 10.2 Å². The van der Waals surface area contributed by atoms with Crippen molar-refractivity contribution >= 4 is 22.4 Å². The van der Waals surface area contributed by atoms with Gasteiger partial charge in [0.25, 0.3) is 0 Å². The van der Waals surface area contributed by atoms with E-state index in [1.807, 2.05) is 10.3 Å². The number of carbonyl (C=O) groups is 1. The van der Waals surface area contributed by atoms with Crippen molar-refractivity contribution < 1.29 is 18.0 Å². The van der Waals surface area contributed by atoms with Gasteiger partial charge in [-0.05, 0) is 31.4 Å². The third-order valence-electron chi connectivity index (χ3n) is 4.31. The van der Waals surface area contributed by atoms with Crippen molar-refractivity contribution in [1.29, 1.82) is 0 Å². The van der Waals surface area contributed by atoms with Crippen LogP contribution in [0.2, 0.25) is 0 Å². The van der Waals surface area contributed by atoms with Crippen molar-refractivity contribution in [3.05, 3.63) is 47.0 Å². The Kier molecular flexibility index (Phi) is 4.99. The van der Waals surface area contributed by atoms with Gasteiger partial charge in [0.05, 0.1) is 11.6 Å². The minimum atomic E-state index is -4.45. The van der Waals surface area contributed by atoms with Gasteiger partial charge in [-0.3, -0.25) is 4.79 Å². The lowest BCUT2D eigenvalue weighted by atomic mass is 10.0. The van der Waals surface area contributed by atoms with E-state index in [9.17, 15) is 18.0 Å². The molecule has 2 atom stereocenters. The maximum atomic E-state index is 13.2. The van der Waals surface area contributed by atoms with Gasteiger partial charge in [-0.1, -0.05) is 18.2 Å². The number of rotatable bonds is 4.